The van der Waals surface area contributed by atoms with Gasteiger partial charge in [0.25, 0.3) is 0 Å². The van der Waals surface area contributed by atoms with Crippen molar-refractivity contribution in [3.8, 4) is 0 Å². The molecule has 0 bridgehead atoms. The fraction of sp³-hybridized carbons (Fsp3) is 0.130. The molecule has 5 rings (SSSR count). The molecule has 0 saturated heterocycles. The van der Waals surface area contributed by atoms with Crippen molar-refractivity contribution in [2.24, 2.45) is 5.92 Å². The fourth-order valence-corrected chi connectivity index (χ4v) is 12.3. The Morgan fingerprint density at radius 3 is 1.93 bits per heavy atom. The second-order valence-electron chi connectivity index (χ2n) is 7.12. The first-order valence-electron chi connectivity index (χ1n) is 8.90. The summed E-state index contributed by atoms with van der Waals surface area (Å²) in [6, 6.07) is 22.6. The molecule has 1 unspecified atom stereocenters. The quantitative estimate of drug-likeness (QED) is 0.441. The van der Waals surface area contributed by atoms with E-state index in [0.717, 1.165) is 6.42 Å². The predicted molar refractivity (Wildman–Crippen MR) is 103 cm³/mol. The van der Waals surface area contributed by atoms with Crippen LogP contribution in [0.25, 0.3) is 0 Å². The maximum atomic E-state index is 2.38. The van der Waals surface area contributed by atoms with Gasteiger partial charge in [0.1, 0.15) is 0 Å². The molecule has 27 heavy (non-hydrogen) atoms. The van der Waals surface area contributed by atoms with Crippen LogP contribution in [-0.2, 0) is 24.7 Å². The Labute approximate surface area is 189 Å². The topological polar surface area (TPSA) is 0 Å². The number of benzene rings is 2. The van der Waals surface area contributed by atoms with Gasteiger partial charge in [0.2, 0.25) is 0 Å². The van der Waals surface area contributed by atoms with E-state index in [1.807, 2.05) is 0 Å². The first kappa shape index (κ1) is 20.8. The maximum absolute atomic E-state index is 2.38. The summed E-state index contributed by atoms with van der Waals surface area (Å²) in [7, 11) is -1.87. The van der Waals surface area contributed by atoms with Gasteiger partial charge in [-0.2, -0.15) is 0 Å². The van der Waals surface area contributed by atoms with Crippen LogP contribution < -0.4 is 35.2 Å². The third-order valence-corrected chi connectivity index (χ3v) is 12.4. The summed E-state index contributed by atoms with van der Waals surface area (Å²) in [5.74, 6) is 0.579. The molecule has 2 aromatic rings. The molecule has 2 aromatic carbocycles. The molecule has 1 heterocycles. The molecule has 0 spiro atoms. The van der Waals surface area contributed by atoms with Crippen LogP contribution in [-0.4, -0.2) is 8.07 Å². The molecule has 1 aliphatic heterocycles. The van der Waals surface area contributed by atoms with E-state index in [9.17, 15) is 0 Å². The number of halogens is 2. The van der Waals surface area contributed by atoms with Gasteiger partial charge >= 0.3 is 166 Å². The molecule has 0 fully saturated rings. The van der Waals surface area contributed by atoms with Crippen LogP contribution in [0, 0.1) is 5.92 Å². The van der Waals surface area contributed by atoms with Crippen molar-refractivity contribution in [1.82, 2.24) is 0 Å². The Balaban J connectivity index is 0.00000105. The molecular weight excluding hydrogens is 466 g/mol. The van der Waals surface area contributed by atoms with Crippen molar-refractivity contribution in [1.29, 1.82) is 0 Å². The van der Waals surface area contributed by atoms with Crippen LogP contribution in [0.4, 0.5) is 0 Å². The Bertz CT molecular complexity index is 948. The molecule has 0 radical (unpaired) electrons. The van der Waals surface area contributed by atoms with Crippen LogP contribution in [0.5, 0.6) is 0 Å². The number of rotatable bonds is 3. The van der Waals surface area contributed by atoms with Gasteiger partial charge in [-0.3, -0.25) is 0 Å². The van der Waals surface area contributed by atoms with Crippen LogP contribution >= 0.6 is 0 Å². The number of allylic oxidation sites excluding steroid dienone is 8. The average Bonchev–Trinajstić information content (AvgIpc) is 2.92. The molecule has 2 aliphatic carbocycles. The van der Waals surface area contributed by atoms with E-state index in [1.54, 1.807) is 59.9 Å². The van der Waals surface area contributed by atoms with Crippen molar-refractivity contribution in [2.45, 2.75) is 13.3 Å². The summed E-state index contributed by atoms with van der Waals surface area (Å²) in [6.07, 6.45) is 8.04. The zero-order chi connectivity index (χ0) is 17.0. The normalized spacial score (nSPS) is 21.4. The van der Waals surface area contributed by atoms with E-state index in [0.29, 0.717) is 5.92 Å². The zero-order valence-corrected chi connectivity index (χ0v) is 20.0. The Morgan fingerprint density at radius 1 is 0.889 bits per heavy atom. The summed E-state index contributed by atoms with van der Waals surface area (Å²) in [6.45, 7) is 2.38. The minimum Gasteiger partial charge on any atom is -1.00 e. The minimum absolute atomic E-state index is 0. The minimum atomic E-state index is -1.87. The SMILES string of the molecule is CC1=[C]([Zr+2])C(C2=CC=CC2)C2=C1[Si]2(c1ccccc1)c1ccccc1.[Cl-].[Cl-]. The van der Waals surface area contributed by atoms with Gasteiger partial charge in [-0.15, -0.1) is 0 Å². The van der Waals surface area contributed by atoms with E-state index < -0.39 is 8.07 Å². The molecule has 0 saturated carbocycles. The molecule has 3 aliphatic rings. The van der Waals surface area contributed by atoms with Crippen LogP contribution in [0.1, 0.15) is 13.3 Å². The molecule has 0 aromatic heterocycles. The van der Waals surface area contributed by atoms with Crippen molar-refractivity contribution in [3.05, 3.63) is 104 Å². The zero-order valence-electron chi connectivity index (χ0n) is 15.0. The van der Waals surface area contributed by atoms with E-state index in [2.05, 4.69) is 85.8 Å². The van der Waals surface area contributed by atoms with Crippen LogP contribution in [0.3, 0.4) is 0 Å². The second-order valence-corrected chi connectivity index (χ2v) is 12.1. The van der Waals surface area contributed by atoms with Crippen molar-refractivity contribution in [2.75, 3.05) is 0 Å². The smallest absolute Gasteiger partial charge is 1.00 e. The first-order chi connectivity index (χ1) is 12.3. The van der Waals surface area contributed by atoms with Crippen LogP contribution in [0.2, 0.25) is 0 Å². The number of hydrogen-bond acceptors (Lipinski definition) is 0. The Hall–Kier alpha value is -0.920. The average molecular weight is 486 g/mol. The number of hydrogen-bond donors (Lipinski definition) is 0. The van der Waals surface area contributed by atoms with Gasteiger partial charge < -0.3 is 24.8 Å². The maximum Gasteiger partial charge on any atom is -1.00 e. The third kappa shape index (κ3) is 2.88. The van der Waals surface area contributed by atoms with Gasteiger partial charge in [-0.05, 0) is 0 Å². The summed E-state index contributed by atoms with van der Waals surface area (Å²) >= 11 is 1.58. The van der Waals surface area contributed by atoms with Gasteiger partial charge in [-0.1, -0.05) is 0 Å². The standard InChI is InChI=1S/C23H19Si.2ClH.Zr/c1-17-16-21(18-10-8-9-11-18)23-22(17)24(23,19-12-4-2-5-13-19)20-14-6-3-7-15-20;;;/h2-10,12-15,21H,11H2,1H3;2*1H;/q;;;+2/p-2. The monoisotopic (exact) mass is 483 g/mol. The second kappa shape index (κ2) is 7.84. The Kier molecular flexibility index (Phi) is 6.04. The molecule has 0 amide bonds. The van der Waals surface area contributed by atoms with E-state index in [4.69, 9.17) is 0 Å². The predicted octanol–water partition coefficient (Wildman–Crippen LogP) is -2.02. The fourth-order valence-electron chi connectivity index (χ4n) is 4.83. The van der Waals surface area contributed by atoms with Gasteiger partial charge in [-0.25, -0.2) is 0 Å². The van der Waals surface area contributed by atoms with Crippen LogP contribution in [0.15, 0.2) is 104 Å². The molecule has 1 atom stereocenters. The molecular formula is C23H19Cl2SiZr. The van der Waals surface area contributed by atoms with Gasteiger partial charge in [0.05, 0.1) is 0 Å². The first-order valence-corrected chi connectivity index (χ1v) is 12.1. The van der Waals surface area contributed by atoms with Crippen molar-refractivity contribution >= 4 is 18.4 Å². The molecule has 4 heteroatoms. The van der Waals surface area contributed by atoms with Crippen molar-refractivity contribution in [3.63, 3.8) is 0 Å². The summed E-state index contributed by atoms with van der Waals surface area (Å²) in [5, 5.41) is 6.63. The largest absolute Gasteiger partial charge is 1.00 e. The molecule has 0 nitrogen and oxygen atoms in total. The summed E-state index contributed by atoms with van der Waals surface area (Å²) in [4.78, 5) is 0. The molecule has 133 valence electrons. The van der Waals surface area contributed by atoms with Gasteiger partial charge in [0, 0.05) is 0 Å². The Morgan fingerprint density at radius 2 is 1.44 bits per heavy atom. The van der Waals surface area contributed by atoms with E-state index in [-0.39, 0.29) is 24.8 Å². The van der Waals surface area contributed by atoms with Crippen molar-refractivity contribution < 1.29 is 49.5 Å². The van der Waals surface area contributed by atoms with Gasteiger partial charge in [0.15, 0.2) is 0 Å². The third-order valence-electron chi connectivity index (χ3n) is 5.93. The summed E-state index contributed by atoms with van der Waals surface area (Å²) < 4.78 is 1.67. The summed E-state index contributed by atoms with van der Waals surface area (Å²) in [5.41, 5.74) is 3.21. The van der Waals surface area contributed by atoms with E-state index in [1.165, 1.54) is 0 Å². The molecule has 0 N–H and O–H groups in total. The van der Waals surface area contributed by atoms with E-state index >= 15 is 0 Å².